The fraction of sp³-hybridized carbons (Fsp3) is 0.562. The van der Waals surface area contributed by atoms with Crippen molar-refractivity contribution in [2.45, 2.75) is 39.5 Å². The summed E-state index contributed by atoms with van der Waals surface area (Å²) in [5.41, 5.74) is 2.03. The second kappa shape index (κ2) is 5.35. The standard InChI is InChI=1S/C16H22N4/c1-3-7-16(2)8-4-11-20(12-16)14-6-5-13-15(19-14)18-10-9-17-13/h5-6,9-10H,3-4,7-8,11-12H2,1-2H3. The number of piperidine rings is 1. The summed E-state index contributed by atoms with van der Waals surface area (Å²) in [6.07, 6.45) is 8.53. The largest absolute Gasteiger partial charge is 0.356 e. The molecule has 2 aromatic rings. The summed E-state index contributed by atoms with van der Waals surface area (Å²) < 4.78 is 0. The molecule has 4 nitrogen and oxygen atoms in total. The van der Waals surface area contributed by atoms with Crippen molar-refractivity contribution in [2.24, 2.45) is 5.41 Å². The Hall–Kier alpha value is -1.71. The van der Waals surface area contributed by atoms with Crippen molar-refractivity contribution in [1.29, 1.82) is 0 Å². The van der Waals surface area contributed by atoms with Crippen molar-refractivity contribution in [1.82, 2.24) is 15.0 Å². The highest BCUT2D eigenvalue weighted by molar-refractivity contribution is 5.71. The van der Waals surface area contributed by atoms with Gasteiger partial charge >= 0.3 is 0 Å². The van der Waals surface area contributed by atoms with Gasteiger partial charge in [-0.2, -0.15) is 0 Å². The third kappa shape index (κ3) is 2.60. The van der Waals surface area contributed by atoms with Crippen LogP contribution in [0.1, 0.15) is 39.5 Å². The summed E-state index contributed by atoms with van der Waals surface area (Å²) in [6.45, 7) is 6.87. The SMILES string of the molecule is CCCC1(C)CCCN(c2ccc3nccnc3n2)C1. The molecule has 0 amide bonds. The molecule has 0 spiro atoms. The number of hydrogen-bond acceptors (Lipinski definition) is 4. The third-order valence-electron chi connectivity index (χ3n) is 4.28. The van der Waals surface area contributed by atoms with E-state index in [0.717, 1.165) is 30.1 Å². The third-order valence-corrected chi connectivity index (χ3v) is 4.28. The second-order valence-corrected chi connectivity index (χ2v) is 6.15. The molecule has 1 fully saturated rings. The van der Waals surface area contributed by atoms with E-state index in [9.17, 15) is 0 Å². The van der Waals surface area contributed by atoms with Crippen LogP contribution < -0.4 is 4.90 Å². The van der Waals surface area contributed by atoms with Gasteiger partial charge in [0.05, 0.1) is 0 Å². The van der Waals surface area contributed by atoms with E-state index in [4.69, 9.17) is 0 Å². The number of hydrogen-bond donors (Lipinski definition) is 0. The summed E-state index contributed by atoms with van der Waals surface area (Å²) in [6, 6.07) is 4.10. The van der Waals surface area contributed by atoms with Crippen LogP contribution in [-0.2, 0) is 0 Å². The van der Waals surface area contributed by atoms with E-state index in [0.29, 0.717) is 5.41 Å². The molecule has 0 aromatic carbocycles. The second-order valence-electron chi connectivity index (χ2n) is 6.15. The molecule has 1 saturated heterocycles. The first-order chi connectivity index (χ1) is 9.70. The van der Waals surface area contributed by atoms with Crippen LogP contribution in [0.3, 0.4) is 0 Å². The smallest absolute Gasteiger partial charge is 0.180 e. The summed E-state index contributed by atoms with van der Waals surface area (Å²) in [7, 11) is 0. The molecule has 4 heteroatoms. The minimum atomic E-state index is 0.423. The Morgan fingerprint density at radius 2 is 2.10 bits per heavy atom. The topological polar surface area (TPSA) is 41.9 Å². The summed E-state index contributed by atoms with van der Waals surface area (Å²) in [5.74, 6) is 1.04. The number of anilines is 1. The van der Waals surface area contributed by atoms with Gasteiger partial charge in [0.1, 0.15) is 11.3 Å². The highest BCUT2D eigenvalue weighted by Gasteiger charge is 2.30. The first-order valence-electron chi connectivity index (χ1n) is 7.53. The maximum absolute atomic E-state index is 4.68. The monoisotopic (exact) mass is 270 g/mol. The molecule has 20 heavy (non-hydrogen) atoms. The van der Waals surface area contributed by atoms with Crippen molar-refractivity contribution >= 4 is 17.0 Å². The predicted molar refractivity (Wildman–Crippen MR) is 81.8 cm³/mol. The van der Waals surface area contributed by atoms with Gasteiger partial charge in [0.25, 0.3) is 0 Å². The molecule has 1 unspecified atom stereocenters. The number of fused-ring (bicyclic) bond motifs is 1. The van der Waals surface area contributed by atoms with Crippen LogP contribution in [0.5, 0.6) is 0 Å². The number of nitrogens with zero attached hydrogens (tertiary/aromatic N) is 4. The van der Waals surface area contributed by atoms with Crippen LogP contribution in [0, 0.1) is 5.41 Å². The molecule has 2 aromatic heterocycles. The normalized spacial score (nSPS) is 23.2. The summed E-state index contributed by atoms with van der Waals surface area (Å²) >= 11 is 0. The first kappa shape index (κ1) is 13.3. The molecule has 1 aliphatic rings. The van der Waals surface area contributed by atoms with Crippen LogP contribution in [0.4, 0.5) is 5.82 Å². The molecule has 1 atom stereocenters. The number of rotatable bonds is 3. The molecule has 106 valence electrons. The van der Waals surface area contributed by atoms with Crippen molar-refractivity contribution < 1.29 is 0 Å². The number of pyridine rings is 1. The van der Waals surface area contributed by atoms with E-state index >= 15 is 0 Å². The molecule has 0 bridgehead atoms. The fourth-order valence-corrected chi connectivity index (χ4v) is 3.34. The molecule has 0 radical (unpaired) electrons. The fourth-order valence-electron chi connectivity index (χ4n) is 3.34. The van der Waals surface area contributed by atoms with Gasteiger partial charge < -0.3 is 4.90 Å². The predicted octanol–water partition coefficient (Wildman–Crippen LogP) is 3.43. The highest BCUT2D eigenvalue weighted by Crippen LogP contribution is 2.35. The van der Waals surface area contributed by atoms with Crippen molar-refractivity contribution in [2.75, 3.05) is 18.0 Å². The molecule has 0 aliphatic carbocycles. The summed E-state index contributed by atoms with van der Waals surface area (Å²) in [5, 5.41) is 0. The highest BCUT2D eigenvalue weighted by atomic mass is 15.2. The van der Waals surface area contributed by atoms with Crippen LogP contribution in [0.15, 0.2) is 24.5 Å². The van der Waals surface area contributed by atoms with E-state index in [1.165, 1.54) is 25.7 Å². The Morgan fingerprint density at radius 1 is 1.25 bits per heavy atom. The van der Waals surface area contributed by atoms with Crippen LogP contribution in [0.25, 0.3) is 11.2 Å². The van der Waals surface area contributed by atoms with Gasteiger partial charge in [-0.15, -0.1) is 0 Å². The van der Waals surface area contributed by atoms with Gasteiger partial charge in [0.2, 0.25) is 0 Å². The lowest BCUT2D eigenvalue weighted by atomic mass is 9.78. The van der Waals surface area contributed by atoms with E-state index in [-0.39, 0.29) is 0 Å². The molecule has 0 saturated carbocycles. The van der Waals surface area contributed by atoms with Crippen molar-refractivity contribution in [3.8, 4) is 0 Å². The van der Waals surface area contributed by atoms with E-state index in [1.807, 2.05) is 6.07 Å². The summed E-state index contributed by atoms with van der Waals surface area (Å²) in [4.78, 5) is 15.7. The van der Waals surface area contributed by atoms with E-state index < -0.39 is 0 Å². The van der Waals surface area contributed by atoms with Crippen molar-refractivity contribution in [3.05, 3.63) is 24.5 Å². The molecule has 3 heterocycles. The molecular weight excluding hydrogens is 248 g/mol. The van der Waals surface area contributed by atoms with Gasteiger partial charge in [-0.25, -0.2) is 9.97 Å². The number of aromatic nitrogens is 3. The Balaban J connectivity index is 1.86. The van der Waals surface area contributed by atoms with Gasteiger partial charge in [0, 0.05) is 25.5 Å². The van der Waals surface area contributed by atoms with Crippen molar-refractivity contribution in [3.63, 3.8) is 0 Å². The van der Waals surface area contributed by atoms with Crippen LogP contribution in [0.2, 0.25) is 0 Å². The zero-order valence-electron chi connectivity index (χ0n) is 12.3. The quantitative estimate of drug-likeness (QED) is 0.857. The van der Waals surface area contributed by atoms with Crippen LogP contribution in [-0.4, -0.2) is 28.0 Å². The van der Waals surface area contributed by atoms with Gasteiger partial charge in [-0.05, 0) is 36.8 Å². The molecular formula is C16H22N4. The average Bonchev–Trinajstić information content (AvgIpc) is 2.47. The Bertz CT molecular complexity index is 594. The van der Waals surface area contributed by atoms with Gasteiger partial charge in [0.15, 0.2) is 5.65 Å². The maximum atomic E-state index is 4.68. The maximum Gasteiger partial charge on any atom is 0.180 e. The Kier molecular flexibility index (Phi) is 3.55. The lowest BCUT2D eigenvalue weighted by molar-refractivity contribution is 0.238. The Morgan fingerprint density at radius 3 is 2.95 bits per heavy atom. The minimum Gasteiger partial charge on any atom is -0.356 e. The van der Waals surface area contributed by atoms with Crippen LogP contribution >= 0.6 is 0 Å². The first-order valence-corrected chi connectivity index (χ1v) is 7.53. The minimum absolute atomic E-state index is 0.423. The molecule has 3 rings (SSSR count). The molecule has 1 aliphatic heterocycles. The lowest BCUT2D eigenvalue weighted by Crippen LogP contribution is -2.42. The average molecular weight is 270 g/mol. The van der Waals surface area contributed by atoms with Gasteiger partial charge in [-0.1, -0.05) is 20.3 Å². The van der Waals surface area contributed by atoms with E-state index in [1.54, 1.807) is 12.4 Å². The van der Waals surface area contributed by atoms with Gasteiger partial charge in [-0.3, -0.25) is 4.98 Å². The van der Waals surface area contributed by atoms with E-state index in [2.05, 4.69) is 39.8 Å². The zero-order valence-corrected chi connectivity index (χ0v) is 12.3. The zero-order chi connectivity index (χ0) is 14.0. The Labute approximate surface area is 120 Å². The lowest BCUT2D eigenvalue weighted by Gasteiger charge is -2.41. The molecule has 0 N–H and O–H groups in total.